The molecule has 1 aromatic heterocycles. The number of aliphatic hydroxyl groups excluding tert-OH is 1. The van der Waals surface area contributed by atoms with Crippen molar-refractivity contribution < 1.29 is 19.0 Å². The summed E-state index contributed by atoms with van der Waals surface area (Å²) >= 11 is 1.71. The quantitative estimate of drug-likeness (QED) is 0.400. The van der Waals surface area contributed by atoms with Crippen molar-refractivity contribution in [2.75, 3.05) is 32.8 Å². The SMILES string of the molecule is C=CCCC(O)CN(CC(=O)N1CCc2sccc2C1COc1ccc(F)cc1)CC(C)CC. The van der Waals surface area contributed by atoms with Crippen LogP contribution in [0.3, 0.4) is 0 Å². The van der Waals surface area contributed by atoms with Crippen LogP contribution in [0.25, 0.3) is 0 Å². The molecule has 0 saturated carbocycles. The summed E-state index contributed by atoms with van der Waals surface area (Å²) in [7, 11) is 0. The molecule has 2 aromatic rings. The molecule has 34 heavy (non-hydrogen) atoms. The molecule has 1 aliphatic rings. The Morgan fingerprint density at radius 1 is 1.35 bits per heavy atom. The van der Waals surface area contributed by atoms with Crippen LogP contribution in [-0.4, -0.2) is 59.7 Å². The highest BCUT2D eigenvalue weighted by Crippen LogP contribution is 2.34. The second-order valence-electron chi connectivity index (χ2n) is 9.14. The summed E-state index contributed by atoms with van der Waals surface area (Å²) in [6.45, 7) is 10.5. The number of ether oxygens (including phenoxy) is 1. The molecule has 0 bridgehead atoms. The number of allylic oxidation sites excluding steroid dienone is 1. The smallest absolute Gasteiger partial charge is 0.237 e. The molecule has 0 radical (unpaired) electrons. The number of carbonyl (C=O) groups excluding carboxylic acids is 1. The third-order valence-corrected chi connectivity index (χ3v) is 7.43. The minimum atomic E-state index is -0.489. The first-order valence-corrected chi connectivity index (χ1v) is 13.0. The van der Waals surface area contributed by atoms with Crippen molar-refractivity contribution in [2.45, 2.75) is 51.7 Å². The molecule has 0 saturated heterocycles. The van der Waals surface area contributed by atoms with E-state index >= 15 is 0 Å². The fourth-order valence-electron chi connectivity index (χ4n) is 4.34. The second kappa shape index (κ2) is 13.0. The van der Waals surface area contributed by atoms with Gasteiger partial charge in [0.2, 0.25) is 5.91 Å². The van der Waals surface area contributed by atoms with E-state index in [0.29, 0.717) is 37.8 Å². The number of halogens is 1. The lowest BCUT2D eigenvalue weighted by Gasteiger charge is -2.37. The molecule has 1 aliphatic heterocycles. The molecule has 3 unspecified atom stereocenters. The molecule has 0 fully saturated rings. The highest BCUT2D eigenvalue weighted by atomic mass is 32.1. The number of hydrogen-bond acceptors (Lipinski definition) is 5. The van der Waals surface area contributed by atoms with Crippen LogP contribution in [0.5, 0.6) is 5.75 Å². The average Bonchev–Trinajstić information content (AvgIpc) is 3.31. The van der Waals surface area contributed by atoms with Gasteiger partial charge in [-0.05, 0) is 66.5 Å². The minimum absolute atomic E-state index is 0.0452. The summed E-state index contributed by atoms with van der Waals surface area (Å²) in [6.07, 6.45) is 4.57. The lowest BCUT2D eigenvalue weighted by atomic mass is 10.00. The topological polar surface area (TPSA) is 53.0 Å². The van der Waals surface area contributed by atoms with E-state index in [1.54, 1.807) is 23.5 Å². The Morgan fingerprint density at radius 2 is 2.12 bits per heavy atom. The minimum Gasteiger partial charge on any atom is -0.491 e. The van der Waals surface area contributed by atoms with E-state index in [1.165, 1.54) is 17.0 Å². The van der Waals surface area contributed by atoms with E-state index < -0.39 is 6.10 Å². The van der Waals surface area contributed by atoms with Gasteiger partial charge in [-0.25, -0.2) is 4.39 Å². The van der Waals surface area contributed by atoms with E-state index in [9.17, 15) is 14.3 Å². The number of thiophene rings is 1. The van der Waals surface area contributed by atoms with Crippen LogP contribution in [0.15, 0.2) is 48.4 Å². The molecule has 0 aliphatic carbocycles. The summed E-state index contributed by atoms with van der Waals surface area (Å²) in [5.74, 6) is 0.754. The number of aliphatic hydroxyl groups is 1. The zero-order chi connectivity index (χ0) is 24.5. The van der Waals surface area contributed by atoms with Gasteiger partial charge in [0.25, 0.3) is 0 Å². The highest BCUT2D eigenvalue weighted by Gasteiger charge is 2.33. The summed E-state index contributed by atoms with van der Waals surface area (Å²) in [5.41, 5.74) is 1.13. The van der Waals surface area contributed by atoms with Gasteiger partial charge in [0.1, 0.15) is 18.2 Å². The zero-order valence-corrected chi connectivity index (χ0v) is 21.1. The molecule has 1 N–H and O–H groups in total. The molecule has 186 valence electrons. The summed E-state index contributed by atoms with van der Waals surface area (Å²) in [5, 5.41) is 12.5. The van der Waals surface area contributed by atoms with Gasteiger partial charge < -0.3 is 14.7 Å². The van der Waals surface area contributed by atoms with Crippen molar-refractivity contribution in [3.05, 3.63) is 64.6 Å². The molecule has 0 spiro atoms. The molecule has 2 heterocycles. The number of nitrogens with zero attached hydrogens (tertiary/aromatic N) is 2. The first-order valence-electron chi connectivity index (χ1n) is 12.2. The molecule has 7 heteroatoms. The molecule has 3 atom stereocenters. The Balaban J connectivity index is 1.71. The fourth-order valence-corrected chi connectivity index (χ4v) is 5.26. The van der Waals surface area contributed by atoms with E-state index in [1.807, 2.05) is 11.0 Å². The number of benzene rings is 1. The molecular weight excluding hydrogens is 451 g/mol. The van der Waals surface area contributed by atoms with E-state index in [2.05, 4.69) is 36.8 Å². The summed E-state index contributed by atoms with van der Waals surface area (Å²) < 4.78 is 19.3. The van der Waals surface area contributed by atoms with Crippen LogP contribution in [0.1, 0.15) is 49.6 Å². The first-order chi connectivity index (χ1) is 16.4. The number of carbonyl (C=O) groups is 1. The maximum Gasteiger partial charge on any atom is 0.237 e. The summed E-state index contributed by atoms with van der Waals surface area (Å²) in [4.78, 5) is 18.8. The van der Waals surface area contributed by atoms with E-state index in [0.717, 1.165) is 31.4 Å². The van der Waals surface area contributed by atoms with E-state index in [4.69, 9.17) is 4.74 Å². The predicted molar refractivity (Wildman–Crippen MR) is 136 cm³/mol. The van der Waals surface area contributed by atoms with Crippen molar-refractivity contribution in [3.8, 4) is 5.75 Å². The lowest BCUT2D eigenvalue weighted by molar-refractivity contribution is -0.136. The van der Waals surface area contributed by atoms with Crippen LogP contribution in [-0.2, 0) is 11.2 Å². The van der Waals surface area contributed by atoms with E-state index in [-0.39, 0.29) is 24.3 Å². The van der Waals surface area contributed by atoms with Crippen LogP contribution >= 0.6 is 11.3 Å². The van der Waals surface area contributed by atoms with Gasteiger partial charge in [-0.3, -0.25) is 9.69 Å². The van der Waals surface area contributed by atoms with Gasteiger partial charge in [0.15, 0.2) is 0 Å². The molecule has 3 rings (SSSR count). The Morgan fingerprint density at radius 3 is 2.82 bits per heavy atom. The van der Waals surface area contributed by atoms with Gasteiger partial charge in [-0.15, -0.1) is 17.9 Å². The van der Waals surface area contributed by atoms with Gasteiger partial charge >= 0.3 is 0 Å². The van der Waals surface area contributed by atoms with Crippen LogP contribution in [0, 0.1) is 11.7 Å². The van der Waals surface area contributed by atoms with Crippen molar-refractivity contribution in [1.82, 2.24) is 9.80 Å². The second-order valence-corrected chi connectivity index (χ2v) is 10.1. The van der Waals surface area contributed by atoms with Gasteiger partial charge in [0.05, 0.1) is 18.7 Å². The lowest BCUT2D eigenvalue weighted by Crippen LogP contribution is -2.48. The maximum atomic E-state index is 13.6. The highest BCUT2D eigenvalue weighted by molar-refractivity contribution is 7.10. The molecule has 5 nitrogen and oxygen atoms in total. The Bertz CT molecular complexity index is 917. The Hall–Kier alpha value is -2.22. The van der Waals surface area contributed by atoms with Crippen molar-refractivity contribution >= 4 is 17.2 Å². The normalized spacial score (nSPS) is 17.3. The first kappa shape index (κ1) is 26.4. The third kappa shape index (κ3) is 7.39. The number of amides is 1. The van der Waals surface area contributed by atoms with Crippen LogP contribution < -0.4 is 4.74 Å². The standard InChI is InChI=1S/C27H37FN2O3S/c1-4-6-7-22(31)17-29(16-20(3)5-2)18-27(32)30-14-12-26-24(13-15-34-26)25(30)19-33-23-10-8-21(28)9-11-23/h4,8-11,13,15,20,22,25,31H,1,5-7,12,14,16-19H2,2-3H3. The molecular formula is C27H37FN2O3S. The van der Waals surface area contributed by atoms with Gasteiger partial charge in [-0.2, -0.15) is 0 Å². The van der Waals surface area contributed by atoms with Crippen LogP contribution in [0.4, 0.5) is 4.39 Å². The fraction of sp³-hybridized carbons (Fsp3) is 0.519. The largest absolute Gasteiger partial charge is 0.491 e. The Labute approximate surface area is 206 Å². The summed E-state index contributed by atoms with van der Waals surface area (Å²) in [6, 6.07) is 7.85. The number of hydrogen-bond donors (Lipinski definition) is 1. The Kier molecular flexibility index (Phi) is 10.1. The van der Waals surface area contributed by atoms with Gasteiger partial charge in [0, 0.05) is 24.5 Å². The van der Waals surface area contributed by atoms with Crippen molar-refractivity contribution in [3.63, 3.8) is 0 Å². The van der Waals surface area contributed by atoms with Crippen molar-refractivity contribution in [2.24, 2.45) is 5.92 Å². The van der Waals surface area contributed by atoms with Crippen molar-refractivity contribution in [1.29, 1.82) is 0 Å². The average molecular weight is 489 g/mol. The third-order valence-electron chi connectivity index (χ3n) is 6.44. The maximum absolute atomic E-state index is 13.6. The molecule has 1 amide bonds. The molecule has 1 aromatic carbocycles. The van der Waals surface area contributed by atoms with Gasteiger partial charge in [-0.1, -0.05) is 26.3 Å². The monoisotopic (exact) mass is 488 g/mol. The number of rotatable bonds is 13. The van der Waals surface area contributed by atoms with Crippen LogP contribution in [0.2, 0.25) is 0 Å². The number of fused-ring (bicyclic) bond motifs is 1. The predicted octanol–water partition coefficient (Wildman–Crippen LogP) is 5.07. The zero-order valence-electron chi connectivity index (χ0n) is 20.3.